The maximum Gasteiger partial charge on any atom is 0.205 e. The van der Waals surface area contributed by atoms with Crippen molar-refractivity contribution in [3.8, 4) is 6.07 Å². The second-order valence-electron chi connectivity index (χ2n) is 8.69. The first-order chi connectivity index (χ1) is 16.8. The van der Waals surface area contributed by atoms with Gasteiger partial charge in [-0.1, -0.05) is 84.9 Å². The van der Waals surface area contributed by atoms with E-state index in [2.05, 4.69) is 95.8 Å². The van der Waals surface area contributed by atoms with Crippen molar-refractivity contribution >= 4 is 70.3 Å². The molecule has 0 atom stereocenters. The maximum absolute atomic E-state index is 9.79. The summed E-state index contributed by atoms with van der Waals surface area (Å²) in [6, 6.07) is 36.0. The second-order valence-corrected chi connectivity index (χ2v) is 8.69. The third-order valence-electron chi connectivity index (χ3n) is 7.05. The van der Waals surface area contributed by atoms with Crippen LogP contribution < -0.4 is 0 Å². The van der Waals surface area contributed by atoms with Crippen LogP contribution in [0.4, 0.5) is 5.69 Å². The van der Waals surface area contributed by atoms with Crippen LogP contribution in [0.25, 0.3) is 69.5 Å². The predicted molar refractivity (Wildman–Crippen MR) is 142 cm³/mol. The normalized spacial score (nSPS) is 11.5. The Kier molecular flexibility index (Phi) is 3.72. The van der Waals surface area contributed by atoms with Crippen LogP contribution in [0, 0.1) is 17.9 Å². The van der Waals surface area contributed by atoms with E-state index >= 15 is 0 Å². The largest absolute Gasteiger partial charge is 0.237 e. The van der Waals surface area contributed by atoms with E-state index in [1.165, 1.54) is 37.7 Å². The Balaban J connectivity index is 1.97. The van der Waals surface area contributed by atoms with Gasteiger partial charge in [0.25, 0.3) is 0 Å². The van der Waals surface area contributed by atoms with Crippen molar-refractivity contribution in [3.05, 3.63) is 114 Å². The van der Waals surface area contributed by atoms with Crippen LogP contribution >= 0.6 is 0 Å². The van der Waals surface area contributed by atoms with E-state index in [9.17, 15) is 5.26 Å². The Morgan fingerprint density at radius 3 is 1.76 bits per heavy atom. The molecule has 0 N–H and O–H groups in total. The molecule has 0 amide bonds. The van der Waals surface area contributed by atoms with E-state index in [0.29, 0.717) is 11.3 Å². The van der Waals surface area contributed by atoms with Crippen molar-refractivity contribution < 1.29 is 0 Å². The summed E-state index contributed by atoms with van der Waals surface area (Å²) in [6.07, 6.45) is 0. The second kappa shape index (κ2) is 6.79. The Labute approximate surface area is 195 Å². The molecule has 0 aliphatic carbocycles. The Morgan fingerprint density at radius 1 is 0.529 bits per heavy atom. The first-order valence-corrected chi connectivity index (χ1v) is 11.2. The summed E-state index contributed by atoms with van der Waals surface area (Å²) >= 11 is 0. The van der Waals surface area contributed by atoms with Crippen molar-refractivity contribution in [1.82, 2.24) is 0 Å². The zero-order chi connectivity index (χ0) is 22.8. The molecule has 154 valence electrons. The van der Waals surface area contributed by atoms with Gasteiger partial charge in [0.1, 0.15) is 0 Å². The molecule has 34 heavy (non-hydrogen) atoms. The maximum atomic E-state index is 9.79. The highest BCUT2D eigenvalue weighted by molar-refractivity contribution is 6.42. The highest BCUT2D eigenvalue weighted by atomic mass is 14.6. The molecule has 7 aromatic carbocycles. The Hall–Kier alpha value is -4.92. The van der Waals surface area contributed by atoms with Crippen LogP contribution in [0.2, 0.25) is 0 Å². The van der Waals surface area contributed by atoms with E-state index in [0.717, 1.165) is 26.9 Å². The molecule has 2 heteroatoms. The summed E-state index contributed by atoms with van der Waals surface area (Å²) in [5.41, 5.74) is 0.815. The van der Waals surface area contributed by atoms with E-state index in [4.69, 9.17) is 6.57 Å². The molecule has 7 rings (SSSR count). The fourth-order valence-electron chi connectivity index (χ4n) is 5.65. The van der Waals surface area contributed by atoms with Gasteiger partial charge < -0.3 is 0 Å². The minimum atomic E-state index is 0.397. The number of hydrogen-bond acceptors (Lipinski definition) is 1. The van der Waals surface area contributed by atoms with Gasteiger partial charge in [-0.05, 0) is 76.8 Å². The van der Waals surface area contributed by atoms with E-state index < -0.39 is 0 Å². The summed E-state index contributed by atoms with van der Waals surface area (Å²) in [4.78, 5) is 3.70. The van der Waals surface area contributed by atoms with Gasteiger partial charge in [0.2, 0.25) is 5.69 Å². The molecule has 2 nitrogen and oxygen atoms in total. The quantitative estimate of drug-likeness (QED) is 0.175. The molecular formula is C32H16N2. The van der Waals surface area contributed by atoms with Crippen molar-refractivity contribution in [2.45, 2.75) is 0 Å². The lowest BCUT2D eigenvalue weighted by molar-refractivity contribution is 1.50. The zero-order valence-corrected chi connectivity index (χ0v) is 18.1. The summed E-state index contributed by atoms with van der Waals surface area (Å²) in [5, 5.41) is 23.6. The van der Waals surface area contributed by atoms with Gasteiger partial charge in [0, 0.05) is 0 Å². The standard InChI is InChI=1S/C32H16N2/c1-34-29-17-28-27(16-20(29)18-33)26-15-14-19-8-2-3-9-21(19)30(26)32-25-13-7-5-11-23(25)22-10-4-6-12-24(22)31(28)32/h2-17H. The molecule has 0 unspecified atom stereocenters. The molecule has 0 aromatic heterocycles. The van der Waals surface area contributed by atoms with Crippen molar-refractivity contribution in [2.75, 3.05) is 0 Å². The monoisotopic (exact) mass is 428 g/mol. The van der Waals surface area contributed by atoms with E-state index in [1.54, 1.807) is 0 Å². The number of fused-ring (bicyclic) bond motifs is 13. The predicted octanol–water partition coefficient (Wildman–Crippen LogP) is 9.03. The summed E-state index contributed by atoms with van der Waals surface area (Å²) in [5.74, 6) is 0. The molecule has 0 heterocycles. The Bertz CT molecular complexity index is 2090. The zero-order valence-electron chi connectivity index (χ0n) is 18.1. The van der Waals surface area contributed by atoms with Crippen LogP contribution in [-0.2, 0) is 0 Å². The van der Waals surface area contributed by atoms with Crippen LogP contribution in [-0.4, -0.2) is 0 Å². The summed E-state index contributed by atoms with van der Waals surface area (Å²) in [6.45, 7) is 7.71. The lowest BCUT2D eigenvalue weighted by Gasteiger charge is -2.18. The molecule has 0 saturated carbocycles. The molecule has 0 bridgehead atoms. The average Bonchev–Trinajstić information content (AvgIpc) is 2.91. The molecule has 0 saturated heterocycles. The lowest BCUT2D eigenvalue weighted by Crippen LogP contribution is -1.90. The molecule has 0 aliphatic rings. The van der Waals surface area contributed by atoms with Gasteiger partial charge in [-0.25, -0.2) is 4.85 Å². The molecule has 0 fully saturated rings. The number of benzene rings is 7. The van der Waals surface area contributed by atoms with Crippen molar-refractivity contribution in [1.29, 1.82) is 5.26 Å². The van der Waals surface area contributed by atoms with Gasteiger partial charge in [0.05, 0.1) is 18.2 Å². The minimum Gasteiger partial charge on any atom is -0.237 e. The smallest absolute Gasteiger partial charge is 0.205 e. The highest BCUT2D eigenvalue weighted by Gasteiger charge is 2.18. The number of hydrogen-bond donors (Lipinski definition) is 0. The topological polar surface area (TPSA) is 28.1 Å². The van der Waals surface area contributed by atoms with Gasteiger partial charge in [-0.2, -0.15) is 5.26 Å². The first kappa shape index (κ1) is 18.6. The highest BCUT2D eigenvalue weighted by Crippen LogP contribution is 2.46. The minimum absolute atomic E-state index is 0.397. The van der Waals surface area contributed by atoms with Crippen LogP contribution in [0.5, 0.6) is 0 Å². The first-order valence-electron chi connectivity index (χ1n) is 11.2. The van der Waals surface area contributed by atoms with Crippen LogP contribution in [0.15, 0.2) is 97.1 Å². The fraction of sp³-hybridized carbons (Fsp3) is 0. The molecule has 7 aromatic rings. The third kappa shape index (κ3) is 2.32. The molecule has 0 aliphatic heterocycles. The number of nitrogens with zero attached hydrogens (tertiary/aromatic N) is 2. The lowest BCUT2D eigenvalue weighted by atomic mass is 9.85. The van der Waals surface area contributed by atoms with Crippen molar-refractivity contribution in [2.24, 2.45) is 0 Å². The van der Waals surface area contributed by atoms with Gasteiger partial charge in [0.15, 0.2) is 0 Å². The van der Waals surface area contributed by atoms with Gasteiger partial charge in [-0.3, -0.25) is 0 Å². The van der Waals surface area contributed by atoms with Crippen LogP contribution in [0.1, 0.15) is 5.56 Å². The molecule has 0 spiro atoms. The molecular weight excluding hydrogens is 412 g/mol. The number of nitriles is 1. The van der Waals surface area contributed by atoms with Crippen LogP contribution in [0.3, 0.4) is 0 Å². The fourth-order valence-corrected chi connectivity index (χ4v) is 5.65. The van der Waals surface area contributed by atoms with Gasteiger partial charge in [-0.15, -0.1) is 0 Å². The third-order valence-corrected chi connectivity index (χ3v) is 7.05. The summed E-state index contributed by atoms with van der Waals surface area (Å²) in [7, 11) is 0. The SMILES string of the molecule is [C-]#[N+]c1cc2c(cc1C#N)c1ccc3ccccc3c1c1c3ccccc3c3ccccc3c21. The summed E-state index contributed by atoms with van der Waals surface area (Å²) < 4.78 is 0. The molecule has 0 radical (unpaired) electrons. The van der Waals surface area contributed by atoms with Gasteiger partial charge >= 0.3 is 0 Å². The Morgan fingerprint density at radius 2 is 1.09 bits per heavy atom. The van der Waals surface area contributed by atoms with E-state index in [-0.39, 0.29) is 0 Å². The van der Waals surface area contributed by atoms with Crippen molar-refractivity contribution in [3.63, 3.8) is 0 Å². The average molecular weight is 428 g/mol. The number of rotatable bonds is 0. The van der Waals surface area contributed by atoms with E-state index in [1.807, 2.05) is 12.1 Å².